The summed E-state index contributed by atoms with van der Waals surface area (Å²) in [5.74, 6) is -0.170. The molecule has 3 aliphatic rings. The molecule has 36 heavy (non-hydrogen) atoms. The van der Waals surface area contributed by atoms with E-state index in [1.807, 2.05) is 37.3 Å². The topological polar surface area (TPSA) is 127 Å². The van der Waals surface area contributed by atoms with E-state index in [9.17, 15) is 20.4 Å². The molecule has 0 spiro atoms. The second-order valence-corrected chi connectivity index (χ2v) is 8.57. The van der Waals surface area contributed by atoms with Crippen molar-refractivity contribution in [1.82, 2.24) is 0 Å². The minimum Gasteiger partial charge on any atom is -0.394 e. The molecule has 3 heterocycles. The maximum absolute atomic E-state index is 10.5. The average Bonchev–Trinajstić information content (AvgIpc) is 2.82. The van der Waals surface area contributed by atoms with E-state index in [1.54, 1.807) is 6.08 Å². The SMILES string of the molecule is C=CC[C@H]1O[C@@H]2COC(c3ccccc3)OC2C(OC2OC(CO)C(O)C(O)C2O)[C@H]1C.[Ac].[Ac].[Ac].[Ac]. The van der Waals surface area contributed by atoms with Crippen LogP contribution >= 0.6 is 0 Å². The van der Waals surface area contributed by atoms with Crippen LogP contribution in [0.15, 0.2) is 43.0 Å². The van der Waals surface area contributed by atoms with E-state index in [1.165, 1.54) is 0 Å². The van der Waals surface area contributed by atoms with E-state index in [4.69, 9.17) is 23.7 Å². The molecule has 3 aliphatic heterocycles. The molecular weight excluding hydrogens is 1330 g/mol. The van der Waals surface area contributed by atoms with E-state index in [-0.39, 0.29) is 188 Å². The van der Waals surface area contributed by atoms with Crippen LogP contribution in [-0.4, -0.2) is 88.8 Å². The second kappa shape index (κ2) is 19.6. The Balaban J connectivity index is 0.00000306. The van der Waals surface area contributed by atoms with Gasteiger partial charge in [0.05, 0.1) is 25.4 Å². The fraction of sp³-hybridized carbons (Fsp3) is 0.652. The largest absolute Gasteiger partial charge is 0.394 e. The molecule has 1 aromatic carbocycles. The number of hydrogen-bond donors (Lipinski definition) is 4. The Kier molecular flexibility index (Phi) is 22.0. The first-order valence-electron chi connectivity index (χ1n) is 11.0. The average molecular weight is 1360 g/mol. The Labute approximate surface area is 355 Å². The Morgan fingerprint density at radius 2 is 1.61 bits per heavy atom. The molecule has 0 aliphatic carbocycles. The molecule has 4 radical (unpaired) electrons. The number of fused-ring (bicyclic) bond motifs is 1. The van der Waals surface area contributed by atoms with Crippen LogP contribution in [0.2, 0.25) is 0 Å². The molecule has 4 rings (SSSR count). The zero-order valence-corrected chi connectivity index (χ0v) is 39.3. The second-order valence-electron chi connectivity index (χ2n) is 8.57. The molecule has 9 nitrogen and oxygen atoms in total. The van der Waals surface area contributed by atoms with Gasteiger partial charge in [-0.2, -0.15) is 0 Å². The van der Waals surface area contributed by atoms with Crippen LogP contribution in [0.1, 0.15) is 25.2 Å². The fourth-order valence-electron chi connectivity index (χ4n) is 4.57. The minimum absolute atomic E-state index is 0. The minimum atomic E-state index is -1.52. The molecule has 0 aromatic heterocycles. The summed E-state index contributed by atoms with van der Waals surface area (Å²) in [4.78, 5) is 0. The zero-order valence-electron chi connectivity index (χ0n) is 20.3. The summed E-state index contributed by atoms with van der Waals surface area (Å²) in [7, 11) is 0. The standard InChI is InChI=1S/C23H32O9.4Ac/c1-3-7-14-12(2)20(31-23-19(27)18(26)17(25)15(10-24)30-23)21-16(29-14)11-28-22(32-21)13-8-5-4-6-9-13;;;;/h3-6,8-9,12,14-27H,1,7,10-11H2,2H3;;;;/t12-,14+,15?,16+,17?,18?,19?,20?,21?,22?,23?;;;;/m0..../s1. The van der Waals surface area contributed by atoms with Gasteiger partial charge < -0.3 is 44.1 Å². The Hall–Kier alpha value is 4.37. The fourth-order valence-corrected chi connectivity index (χ4v) is 4.57. The molecule has 3 saturated heterocycles. The van der Waals surface area contributed by atoms with Crippen LogP contribution in [0.3, 0.4) is 0 Å². The van der Waals surface area contributed by atoms with Crippen molar-refractivity contribution in [1.29, 1.82) is 0 Å². The molecule has 1 aromatic rings. The van der Waals surface area contributed by atoms with Gasteiger partial charge in [-0.1, -0.05) is 43.3 Å². The van der Waals surface area contributed by atoms with Gasteiger partial charge >= 0.3 is 0 Å². The van der Waals surface area contributed by atoms with Crippen molar-refractivity contribution in [3.8, 4) is 0 Å². The van der Waals surface area contributed by atoms with Crippen LogP contribution in [0.5, 0.6) is 0 Å². The van der Waals surface area contributed by atoms with Gasteiger partial charge in [-0.15, -0.1) is 6.58 Å². The van der Waals surface area contributed by atoms with Crippen molar-refractivity contribution in [2.75, 3.05) is 13.2 Å². The van der Waals surface area contributed by atoms with Crippen LogP contribution < -0.4 is 0 Å². The Morgan fingerprint density at radius 1 is 0.944 bits per heavy atom. The van der Waals surface area contributed by atoms with Crippen LogP contribution in [0.4, 0.5) is 0 Å². The first-order valence-corrected chi connectivity index (χ1v) is 11.0. The third-order valence-corrected chi connectivity index (χ3v) is 6.45. The third kappa shape index (κ3) is 9.69. The number of rotatable bonds is 6. The van der Waals surface area contributed by atoms with E-state index >= 15 is 0 Å². The van der Waals surface area contributed by atoms with Gasteiger partial charge in [-0.3, -0.25) is 0 Å². The summed E-state index contributed by atoms with van der Waals surface area (Å²) in [6, 6.07) is 9.52. The van der Waals surface area contributed by atoms with Crippen molar-refractivity contribution in [3.05, 3.63) is 48.6 Å². The maximum Gasteiger partial charge on any atom is 0.187 e. The summed E-state index contributed by atoms with van der Waals surface area (Å²) >= 11 is 0. The van der Waals surface area contributed by atoms with Crippen molar-refractivity contribution >= 4 is 0 Å². The van der Waals surface area contributed by atoms with Crippen molar-refractivity contribution in [2.24, 2.45) is 5.92 Å². The third-order valence-electron chi connectivity index (χ3n) is 6.45. The molecule has 0 bridgehead atoms. The molecule has 8 unspecified atom stereocenters. The summed E-state index contributed by atoms with van der Waals surface area (Å²) in [5.41, 5.74) is 0.860. The Morgan fingerprint density at radius 3 is 2.22 bits per heavy atom. The molecule has 11 atom stereocenters. The first-order chi connectivity index (χ1) is 15.4. The summed E-state index contributed by atoms with van der Waals surface area (Å²) < 4.78 is 30.2. The maximum atomic E-state index is 10.5. The number of benzene rings is 1. The molecular formula is C23H32Ac4O9. The normalized spacial score (nSPS) is 39.6. The molecule has 190 valence electrons. The van der Waals surface area contributed by atoms with Crippen molar-refractivity contribution in [2.45, 2.75) is 74.8 Å². The molecule has 13 heteroatoms. The summed E-state index contributed by atoms with van der Waals surface area (Å²) in [6.45, 7) is 5.52. The van der Waals surface area contributed by atoms with Gasteiger partial charge in [-0.25, -0.2) is 0 Å². The van der Waals surface area contributed by atoms with E-state index in [0.29, 0.717) is 13.0 Å². The van der Waals surface area contributed by atoms with Gasteiger partial charge in [0.25, 0.3) is 0 Å². The van der Waals surface area contributed by atoms with Crippen LogP contribution in [0, 0.1) is 182 Å². The number of ether oxygens (including phenoxy) is 5. The first kappa shape index (κ1) is 40.4. The van der Waals surface area contributed by atoms with E-state index < -0.39 is 61.9 Å². The number of aliphatic hydroxyl groups is 4. The molecule has 0 saturated carbocycles. The monoisotopic (exact) mass is 1360 g/mol. The Bertz CT molecular complexity index is 762. The van der Waals surface area contributed by atoms with Crippen molar-refractivity contribution < 1.29 is 220 Å². The van der Waals surface area contributed by atoms with Gasteiger partial charge in [0, 0.05) is 188 Å². The molecule has 0 amide bonds. The van der Waals surface area contributed by atoms with Gasteiger partial charge in [-0.05, 0) is 6.42 Å². The molecule has 4 N–H and O–H groups in total. The zero-order chi connectivity index (χ0) is 22.8. The number of hydrogen-bond acceptors (Lipinski definition) is 9. The summed E-state index contributed by atoms with van der Waals surface area (Å²) in [5, 5.41) is 40.2. The van der Waals surface area contributed by atoms with E-state index in [0.717, 1.165) is 5.56 Å². The smallest absolute Gasteiger partial charge is 0.187 e. The predicted octanol–water partition coefficient (Wildman–Crippen LogP) is 0.265. The van der Waals surface area contributed by atoms with E-state index in [2.05, 4.69) is 6.58 Å². The van der Waals surface area contributed by atoms with Crippen LogP contribution in [0.25, 0.3) is 0 Å². The van der Waals surface area contributed by atoms with Gasteiger partial charge in [0.1, 0.15) is 36.6 Å². The van der Waals surface area contributed by atoms with Crippen molar-refractivity contribution in [3.63, 3.8) is 0 Å². The summed E-state index contributed by atoms with van der Waals surface area (Å²) in [6.07, 6.45) is -6.77. The van der Waals surface area contributed by atoms with Crippen LogP contribution in [-0.2, 0) is 23.7 Å². The quantitative estimate of drug-likeness (QED) is 0.298. The van der Waals surface area contributed by atoms with Gasteiger partial charge in [0.15, 0.2) is 12.6 Å². The molecule has 3 fully saturated rings. The number of aliphatic hydroxyl groups excluding tert-OH is 4. The van der Waals surface area contributed by atoms with Gasteiger partial charge in [0.2, 0.25) is 0 Å². The predicted molar refractivity (Wildman–Crippen MR) is 111 cm³/mol.